The van der Waals surface area contributed by atoms with Crippen molar-refractivity contribution in [1.82, 2.24) is 14.9 Å². The number of primary amides is 1. The molecule has 1 saturated heterocycles. The van der Waals surface area contributed by atoms with Gasteiger partial charge in [-0.3, -0.25) is 9.59 Å². The van der Waals surface area contributed by atoms with E-state index in [0.717, 1.165) is 0 Å². The molecule has 1 aromatic carbocycles. The molecule has 1 fully saturated rings. The highest BCUT2D eigenvalue weighted by molar-refractivity contribution is 5.91. The fraction of sp³-hybridized carbons (Fsp3) is 0.263. The number of nitrogens with two attached hydrogens (primary N) is 1. The third kappa shape index (κ3) is 4.20. The molecule has 0 unspecified atom stereocenters. The summed E-state index contributed by atoms with van der Waals surface area (Å²) in [4.78, 5) is 31.9. The van der Waals surface area contributed by atoms with Gasteiger partial charge in [0.05, 0.1) is 0 Å². The summed E-state index contributed by atoms with van der Waals surface area (Å²) in [5.41, 5.74) is 1.87. The minimum absolute atomic E-state index is 0.147. The summed E-state index contributed by atoms with van der Waals surface area (Å²) in [6.07, 6.45) is -4.65. The zero-order valence-corrected chi connectivity index (χ0v) is 15.1. The van der Waals surface area contributed by atoms with Crippen LogP contribution in [0.15, 0.2) is 30.3 Å². The summed E-state index contributed by atoms with van der Waals surface area (Å²) in [6, 6.07) is 6.35. The lowest BCUT2D eigenvalue weighted by molar-refractivity contribution is -0.141. The molecule has 2 amide bonds. The lowest BCUT2D eigenvalue weighted by Crippen LogP contribution is -2.37. The van der Waals surface area contributed by atoms with E-state index < -0.39 is 35.0 Å². The van der Waals surface area contributed by atoms with Gasteiger partial charge in [-0.2, -0.15) is 13.2 Å². The number of amides is 2. The molecule has 3 rings (SSSR count). The third-order valence-corrected chi connectivity index (χ3v) is 4.31. The third-order valence-electron chi connectivity index (χ3n) is 4.31. The second-order valence-electron chi connectivity index (χ2n) is 6.49. The van der Waals surface area contributed by atoms with Gasteiger partial charge >= 0.3 is 6.18 Å². The lowest BCUT2D eigenvalue weighted by Gasteiger charge is -2.13. The van der Waals surface area contributed by atoms with E-state index in [1.165, 1.54) is 23.1 Å². The largest absolute Gasteiger partial charge is 0.433 e. The van der Waals surface area contributed by atoms with Crippen molar-refractivity contribution >= 4 is 11.8 Å². The summed E-state index contributed by atoms with van der Waals surface area (Å²) in [5.74, 6) is 3.17. The zero-order valence-electron chi connectivity index (χ0n) is 15.1. The first-order valence-electron chi connectivity index (χ1n) is 8.37. The first-order chi connectivity index (χ1) is 13.5. The highest BCUT2D eigenvalue weighted by atomic mass is 19.4. The molecule has 10 heteroatoms. The lowest BCUT2D eigenvalue weighted by atomic mass is 10.0. The molecule has 29 heavy (non-hydrogen) atoms. The van der Waals surface area contributed by atoms with Crippen LogP contribution in [0.25, 0.3) is 11.4 Å². The number of hydrogen-bond acceptors (Lipinski definition) is 5. The predicted octanol–water partition coefficient (Wildman–Crippen LogP) is 1.21. The van der Waals surface area contributed by atoms with Crippen molar-refractivity contribution in [2.24, 2.45) is 5.73 Å². The average Bonchev–Trinajstić information content (AvgIpc) is 2.93. The van der Waals surface area contributed by atoms with E-state index in [-0.39, 0.29) is 17.8 Å². The van der Waals surface area contributed by atoms with E-state index in [9.17, 15) is 27.9 Å². The molecule has 2 heterocycles. The van der Waals surface area contributed by atoms with Crippen molar-refractivity contribution in [3.05, 3.63) is 47.3 Å². The van der Waals surface area contributed by atoms with Crippen molar-refractivity contribution in [2.45, 2.75) is 18.2 Å². The van der Waals surface area contributed by atoms with Gasteiger partial charge in [0, 0.05) is 37.2 Å². The smallest absolute Gasteiger partial charge is 0.369 e. The van der Waals surface area contributed by atoms with Gasteiger partial charge in [-0.05, 0) is 12.1 Å². The van der Waals surface area contributed by atoms with Crippen LogP contribution in [0.4, 0.5) is 13.2 Å². The van der Waals surface area contributed by atoms with Crippen LogP contribution in [-0.2, 0) is 11.0 Å². The van der Waals surface area contributed by atoms with Crippen LogP contribution in [0.3, 0.4) is 0 Å². The van der Waals surface area contributed by atoms with Crippen LogP contribution >= 0.6 is 0 Å². The Labute approximate surface area is 163 Å². The second kappa shape index (κ2) is 7.18. The van der Waals surface area contributed by atoms with Crippen molar-refractivity contribution in [3.8, 4) is 23.2 Å². The van der Waals surface area contributed by atoms with Crippen molar-refractivity contribution < 1.29 is 27.9 Å². The number of aromatic nitrogens is 2. The molecule has 1 aromatic heterocycles. The summed E-state index contributed by atoms with van der Waals surface area (Å²) < 4.78 is 39.2. The number of carbonyl (C=O) groups excluding carboxylic acids is 2. The average molecular weight is 404 g/mol. The molecule has 1 aliphatic heterocycles. The maximum absolute atomic E-state index is 13.1. The standard InChI is InChI=1S/C19H15F3N4O3/c1-26-8-7-18(29,17(26)28)6-5-11-3-2-4-12(9-11)16-24-13(15(23)27)10-14(25-16)19(20,21)22/h2-4,9-10,29H,7-8H2,1H3,(H2,23,27)/t18-/m0/s1. The van der Waals surface area contributed by atoms with Crippen molar-refractivity contribution in [1.29, 1.82) is 0 Å². The van der Waals surface area contributed by atoms with Gasteiger partial charge in [-0.15, -0.1) is 0 Å². The number of aliphatic hydroxyl groups is 1. The number of halogens is 3. The molecule has 3 N–H and O–H groups in total. The SMILES string of the molecule is CN1CC[C@@](O)(C#Cc2cccc(-c3nc(C(N)=O)cc(C(F)(F)F)n3)c2)C1=O. The van der Waals surface area contributed by atoms with E-state index >= 15 is 0 Å². The summed E-state index contributed by atoms with van der Waals surface area (Å²) in [5, 5.41) is 10.3. The van der Waals surface area contributed by atoms with E-state index in [2.05, 4.69) is 21.8 Å². The Morgan fingerprint density at radius 3 is 2.62 bits per heavy atom. The minimum atomic E-state index is -4.79. The Balaban J connectivity index is 2.01. The van der Waals surface area contributed by atoms with E-state index in [0.29, 0.717) is 18.2 Å². The summed E-state index contributed by atoms with van der Waals surface area (Å²) in [6.45, 7) is 0.359. The van der Waals surface area contributed by atoms with Crippen LogP contribution in [0, 0.1) is 11.8 Å². The molecule has 0 saturated carbocycles. The number of likely N-dealkylation sites (N-methyl/N-ethyl adjacent to an activating group) is 1. The first kappa shape index (κ1) is 20.3. The van der Waals surface area contributed by atoms with Gasteiger partial charge in [-0.1, -0.05) is 24.0 Å². The Hall–Kier alpha value is -3.45. The zero-order chi connectivity index (χ0) is 21.4. The van der Waals surface area contributed by atoms with Gasteiger partial charge in [0.2, 0.25) is 5.60 Å². The van der Waals surface area contributed by atoms with Gasteiger partial charge in [0.1, 0.15) is 11.4 Å². The fourth-order valence-corrected chi connectivity index (χ4v) is 2.73. The highest BCUT2D eigenvalue weighted by Gasteiger charge is 2.42. The fourth-order valence-electron chi connectivity index (χ4n) is 2.73. The normalized spacial score (nSPS) is 19.1. The molecular formula is C19H15F3N4O3. The van der Waals surface area contributed by atoms with Gasteiger partial charge in [0.15, 0.2) is 5.82 Å². The Morgan fingerprint density at radius 2 is 2.03 bits per heavy atom. The molecule has 2 aromatic rings. The van der Waals surface area contributed by atoms with Crippen LogP contribution < -0.4 is 5.73 Å². The Kier molecular flexibility index (Phi) is 5.02. The topological polar surface area (TPSA) is 109 Å². The van der Waals surface area contributed by atoms with E-state index in [1.807, 2.05) is 0 Å². The molecule has 150 valence electrons. The molecular weight excluding hydrogens is 389 g/mol. The molecule has 1 aliphatic rings. The van der Waals surface area contributed by atoms with E-state index in [4.69, 9.17) is 5.73 Å². The second-order valence-corrected chi connectivity index (χ2v) is 6.49. The number of benzene rings is 1. The van der Waals surface area contributed by atoms with Gasteiger partial charge in [0.25, 0.3) is 11.8 Å². The Morgan fingerprint density at radius 1 is 1.31 bits per heavy atom. The quantitative estimate of drug-likeness (QED) is 0.732. The molecule has 0 bridgehead atoms. The van der Waals surface area contributed by atoms with Gasteiger partial charge < -0.3 is 15.7 Å². The molecule has 7 nitrogen and oxygen atoms in total. The van der Waals surface area contributed by atoms with E-state index in [1.54, 1.807) is 13.1 Å². The van der Waals surface area contributed by atoms with Crippen molar-refractivity contribution in [2.75, 3.05) is 13.6 Å². The monoisotopic (exact) mass is 404 g/mol. The van der Waals surface area contributed by atoms with Gasteiger partial charge in [-0.25, -0.2) is 9.97 Å². The number of likely N-dealkylation sites (tertiary alicyclic amines) is 1. The van der Waals surface area contributed by atoms with Crippen LogP contribution in [0.1, 0.15) is 28.2 Å². The molecule has 1 atom stereocenters. The highest BCUT2D eigenvalue weighted by Crippen LogP contribution is 2.30. The van der Waals surface area contributed by atoms with Crippen molar-refractivity contribution in [3.63, 3.8) is 0 Å². The Bertz CT molecular complexity index is 1060. The van der Waals surface area contributed by atoms with Crippen LogP contribution in [0.2, 0.25) is 0 Å². The summed E-state index contributed by atoms with van der Waals surface area (Å²) >= 11 is 0. The molecule has 0 aliphatic carbocycles. The predicted molar refractivity (Wildman–Crippen MR) is 95.1 cm³/mol. The molecule has 0 spiro atoms. The number of carbonyl (C=O) groups is 2. The van der Waals surface area contributed by atoms with Crippen LogP contribution in [0.5, 0.6) is 0 Å². The van der Waals surface area contributed by atoms with Crippen LogP contribution in [-0.4, -0.2) is 51.0 Å². The number of nitrogens with zero attached hydrogens (tertiary/aromatic N) is 3. The number of alkyl halides is 3. The molecule has 0 radical (unpaired) electrons. The summed E-state index contributed by atoms with van der Waals surface area (Å²) in [7, 11) is 1.55. The maximum atomic E-state index is 13.1. The number of rotatable bonds is 2. The first-order valence-corrected chi connectivity index (χ1v) is 8.37. The maximum Gasteiger partial charge on any atom is 0.433 e. The number of hydrogen-bond donors (Lipinski definition) is 2. The minimum Gasteiger partial charge on any atom is -0.369 e.